The van der Waals surface area contributed by atoms with E-state index in [9.17, 15) is 22.8 Å². The molecule has 0 spiro atoms. The van der Waals surface area contributed by atoms with Crippen molar-refractivity contribution in [3.63, 3.8) is 0 Å². The fourth-order valence-corrected chi connectivity index (χ4v) is 3.72. The van der Waals surface area contributed by atoms with Gasteiger partial charge in [0.2, 0.25) is 5.91 Å². The lowest BCUT2D eigenvalue weighted by Crippen LogP contribution is -2.31. The number of carbonyl (C=O) groups excluding carboxylic acids is 2. The van der Waals surface area contributed by atoms with Gasteiger partial charge in [0.1, 0.15) is 15.7 Å². The SMILES string of the molecule is C=C/N=C(NCCN)\C(Cl)=C(/C)C(=O)NCc1ncc(C(=O)Nc2ccc(Cl)c(C(F)(F)F)c2)s1. The average molecular weight is 549 g/mol. The lowest BCUT2D eigenvalue weighted by Gasteiger charge is -2.11. The second-order valence-electron chi connectivity index (χ2n) is 6.76. The smallest absolute Gasteiger partial charge is 0.368 e. The Labute approximate surface area is 213 Å². The van der Waals surface area contributed by atoms with Crippen LogP contribution in [0, 0.1) is 0 Å². The number of amides is 2. The van der Waals surface area contributed by atoms with E-state index in [1.54, 1.807) is 0 Å². The Morgan fingerprint density at radius 3 is 2.66 bits per heavy atom. The molecular weight excluding hydrogens is 528 g/mol. The molecule has 0 radical (unpaired) electrons. The van der Waals surface area contributed by atoms with Crippen LogP contribution in [-0.2, 0) is 17.5 Å². The van der Waals surface area contributed by atoms with Crippen molar-refractivity contribution in [2.24, 2.45) is 10.7 Å². The molecule has 35 heavy (non-hydrogen) atoms. The molecule has 0 aliphatic rings. The molecule has 0 aliphatic carbocycles. The maximum absolute atomic E-state index is 13.0. The third-order valence-corrected chi connectivity index (χ3v) is 6.03. The summed E-state index contributed by atoms with van der Waals surface area (Å²) in [6.45, 7) is 5.70. The standard InChI is InChI=1S/C21H21Cl2F3N6O2S/c1-3-28-18(29-7-6-27)17(23)11(2)19(33)31-10-16-30-9-15(35-16)20(34)32-12-4-5-14(22)13(8-12)21(24,25)26/h3-5,8-9H,1,6-7,10,27H2,2H3,(H,28,29)(H,31,33)(H,32,34)/b17-11-. The van der Waals surface area contributed by atoms with Gasteiger partial charge in [-0.3, -0.25) is 9.59 Å². The second-order valence-corrected chi connectivity index (χ2v) is 8.66. The van der Waals surface area contributed by atoms with Crippen LogP contribution < -0.4 is 21.7 Å². The van der Waals surface area contributed by atoms with Crippen molar-refractivity contribution in [3.05, 3.63) is 68.3 Å². The summed E-state index contributed by atoms with van der Waals surface area (Å²) in [5, 5.41) is 7.88. The highest BCUT2D eigenvalue weighted by atomic mass is 35.5. The Kier molecular flexibility index (Phi) is 10.3. The highest BCUT2D eigenvalue weighted by Gasteiger charge is 2.33. The number of hydrogen-bond acceptors (Lipinski definition) is 6. The van der Waals surface area contributed by atoms with Gasteiger partial charge in [0.15, 0.2) is 0 Å². The van der Waals surface area contributed by atoms with Crippen LogP contribution in [0.15, 0.2) is 52.8 Å². The summed E-state index contributed by atoms with van der Waals surface area (Å²) < 4.78 is 39.0. The first-order valence-corrected chi connectivity index (χ1v) is 11.5. The molecule has 0 unspecified atom stereocenters. The normalized spacial score (nSPS) is 12.6. The van der Waals surface area contributed by atoms with Crippen LogP contribution in [0.25, 0.3) is 0 Å². The summed E-state index contributed by atoms with van der Waals surface area (Å²) in [5.74, 6) is -0.918. The number of nitrogens with zero attached hydrogens (tertiary/aromatic N) is 2. The second kappa shape index (κ2) is 12.7. The largest absolute Gasteiger partial charge is 0.417 e. The summed E-state index contributed by atoms with van der Waals surface area (Å²) >= 11 is 12.8. The molecule has 1 aromatic heterocycles. The van der Waals surface area contributed by atoms with Crippen LogP contribution in [0.4, 0.5) is 18.9 Å². The number of benzene rings is 1. The predicted molar refractivity (Wildman–Crippen MR) is 132 cm³/mol. The van der Waals surface area contributed by atoms with Gasteiger partial charge in [-0.25, -0.2) is 9.98 Å². The first-order chi connectivity index (χ1) is 16.5. The van der Waals surface area contributed by atoms with E-state index in [1.165, 1.54) is 25.4 Å². The number of amidine groups is 1. The minimum absolute atomic E-state index is 0.0123. The maximum Gasteiger partial charge on any atom is 0.417 e. The Bertz CT molecular complexity index is 1160. The van der Waals surface area contributed by atoms with Gasteiger partial charge in [0.25, 0.3) is 5.91 Å². The van der Waals surface area contributed by atoms with Crippen molar-refractivity contribution in [3.8, 4) is 0 Å². The summed E-state index contributed by atoms with van der Waals surface area (Å²) in [7, 11) is 0. The highest BCUT2D eigenvalue weighted by Crippen LogP contribution is 2.36. The lowest BCUT2D eigenvalue weighted by molar-refractivity contribution is -0.137. The monoisotopic (exact) mass is 548 g/mol. The number of alkyl halides is 3. The summed E-state index contributed by atoms with van der Waals surface area (Å²) in [6.07, 6.45) is -2.15. The van der Waals surface area contributed by atoms with Crippen molar-refractivity contribution in [1.29, 1.82) is 0 Å². The molecule has 2 aromatic rings. The molecule has 1 heterocycles. The van der Waals surface area contributed by atoms with Crippen molar-refractivity contribution in [1.82, 2.24) is 15.6 Å². The molecule has 0 saturated heterocycles. The van der Waals surface area contributed by atoms with Crippen molar-refractivity contribution >= 4 is 57.9 Å². The number of hydrogen-bond donors (Lipinski definition) is 4. The number of carbonyl (C=O) groups is 2. The molecule has 14 heteroatoms. The third kappa shape index (κ3) is 8.06. The molecule has 0 aliphatic heterocycles. The molecule has 0 fully saturated rings. The maximum atomic E-state index is 13.0. The summed E-state index contributed by atoms with van der Waals surface area (Å²) in [4.78, 5) is 33.1. The minimum atomic E-state index is -4.66. The first kappa shape index (κ1) is 28.3. The topological polar surface area (TPSA) is 122 Å². The van der Waals surface area contributed by atoms with Crippen LogP contribution in [0.5, 0.6) is 0 Å². The van der Waals surface area contributed by atoms with Gasteiger partial charge in [0, 0.05) is 30.5 Å². The first-order valence-electron chi connectivity index (χ1n) is 9.88. The predicted octanol–water partition coefficient (Wildman–Crippen LogP) is 4.29. The molecule has 8 nitrogen and oxygen atoms in total. The van der Waals surface area contributed by atoms with E-state index in [0.717, 1.165) is 23.5 Å². The number of aromatic nitrogens is 1. The Balaban J connectivity index is 2.04. The number of nitrogens with two attached hydrogens (primary N) is 1. The van der Waals surface area contributed by atoms with E-state index >= 15 is 0 Å². The number of nitrogens with one attached hydrogen (secondary N) is 3. The molecular formula is C21H21Cl2F3N6O2S. The van der Waals surface area contributed by atoms with Crippen LogP contribution in [0.2, 0.25) is 5.02 Å². The Morgan fingerprint density at radius 1 is 1.31 bits per heavy atom. The van der Waals surface area contributed by atoms with Gasteiger partial charge in [0.05, 0.1) is 28.4 Å². The molecule has 5 N–H and O–H groups in total. The number of thiazole rings is 1. The minimum Gasteiger partial charge on any atom is -0.368 e. The molecule has 2 rings (SSSR count). The quantitative estimate of drug-likeness (QED) is 0.211. The van der Waals surface area contributed by atoms with Crippen molar-refractivity contribution < 1.29 is 22.8 Å². The Hall–Kier alpha value is -2.93. The third-order valence-electron chi connectivity index (χ3n) is 4.24. The molecule has 0 atom stereocenters. The van der Waals surface area contributed by atoms with Gasteiger partial charge in [-0.15, -0.1) is 11.3 Å². The molecule has 188 valence electrons. The van der Waals surface area contributed by atoms with E-state index in [-0.39, 0.29) is 33.6 Å². The average Bonchev–Trinajstić information content (AvgIpc) is 3.29. The van der Waals surface area contributed by atoms with Crippen LogP contribution in [0.1, 0.15) is 27.2 Å². The van der Waals surface area contributed by atoms with Gasteiger partial charge < -0.3 is 21.7 Å². The number of halogens is 5. The molecule has 0 saturated carbocycles. The fourth-order valence-electron chi connectivity index (χ4n) is 2.54. The zero-order valence-corrected chi connectivity index (χ0v) is 20.6. The van der Waals surface area contributed by atoms with E-state index in [4.69, 9.17) is 28.9 Å². The van der Waals surface area contributed by atoms with E-state index in [2.05, 4.69) is 32.5 Å². The van der Waals surface area contributed by atoms with E-state index < -0.39 is 28.6 Å². The van der Waals surface area contributed by atoms with Gasteiger partial charge in [-0.2, -0.15) is 13.2 Å². The zero-order chi connectivity index (χ0) is 26.2. The van der Waals surface area contributed by atoms with E-state index in [1.807, 2.05) is 0 Å². The summed E-state index contributed by atoms with van der Waals surface area (Å²) in [6, 6.07) is 3.04. The molecule has 0 bridgehead atoms. The van der Waals surface area contributed by atoms with Gasteiger partial charge in [-0.1, -0.05) is 29.8 Å². The Morgan fingerprint density at radius 2 is 2.03 bits per heavy atom. The van der Waals surface area contributed by atoms with Crippen LogP contribution in [0.3, 0.4) is 0 Å². The van der Waals surface area contributed by atoms with Gasteiger partial charge in [-0.05, 0) is 25.1 Å². The molecule has 1 aromatic carbocycles. The number of aliphatic imine (C=N–C) groups is 1. The lowest BCUT2D eigenvalue weighted by atomic mass is 10.2. The van der Waals surface area contributed by atoms with Crippen molar-refractivity contribution in [2.75, 3.05) is 18.4 Å². The zero-order valence-electron chi connectivity index (χ0n) is 18.3. The molecule has 2 amide bonds. The van der Waals surface area contributed by atoms with Gasteiger partial charge >= 0.3 is 6.18 Å². The van der Waals surface area contributed by atoms with Crippen molar-refractivity contribution in [2.45, 2.75) is 19.6 Å². The van der Waals surface area contributed by atoms with E-state index in [0.29, 0.717) is 18.1 Å². The number of anilines is 1. The van der Waals surface area contributed by atoms with Crippen LogP contribution >= 0.6 is 34.5 Å². The highest BCUT2D eigenvalue weighted by molar-refractivity contribution is 7.13. The van der Waals surface area contributed by atoms with Crippen LogP contribution in [-0.4, -0.2) is 35.7 Å². The summed E-state index contributed by atoms with van der Waals surface area (Å²) in [5.41, 5.74) is 4.48. The fraction of sp³-hybridized carbons (Fsp3) is 0.238. The number of rotatable bonds is 9.